The first kappa shape index (κ1) is 11.5. The van der Waals surface area contributed by atoms with Crippen LogP contribution in [-0.4, -0.2) is 31.7 Å². The molecule has 1 fully saturated rings. The summed E-state index contributed by atoms with van der Waals surface area (Å²) in [6, 6.07) is 0.266. The normalized spacial score (nSPS) is 19.4. The highest BCUT2D eigenvalue weighted by Gasteiger charge is 2.28. The van der Waals surface area contributed by atoms with E-state index >= 15 is 0 Å². The molecule has 0 atom stereocenters. The summed E-state index contributed by atoms with van der Waals surface area (Å²) in [7, 11) is 0. The number of hydrogen-bond acceptors (Lipinski definition) is 3. The molecule has 1 heterocycles. The molecule has 3 N–H and O–H groups in total. The van der Waals surface area contributed by atoms with Crippen molar-refractivity contribution in [3.8, 4) is 0 Å². The van der Waals surface area contributed by atoms with E-state index in [1.807, 2.05) is 13.8 Å². The van der Waals surface area contributed by atoms with Crippen LogP contribution in [0.5, 0.6) is 0 Å². The van der Waals surface area contributed by atoms with E-state index in [0.29, 0.717) is 6.54 Å². The third-order valence-corrected chi connectivity index (χ3v) is 2.68. The van der Waals surface area contributed by atoms with Gasteiger partial charge in [0.1, 0.15) is 0 Å². The van der Waals surface area contributed by atoms with Crippen LogP contribution in [0, 0.1) is 5.41 Å². The maximum absolute atomic E-state index is 11.7. The minimum absolute atomic E-state index is 0.0481. The average Bonchev–Trinajstić information content (AvgIpc) is 2.19. The van der Waals surface area contributed by atoms with Crippen molar-refractivity contribution in [2.75, 3.05) is 19.8 Å². The van der Waals surface area contributed by atoms with Crippen LogP contribution in [0.4, 0.5) is 0 Å². The van der Waals surface area contributed by atoms with E-state index in [9.17, 15) is 4.79 Å². The number of nitrogens with two attached hydrogens (primary N) is 1. The molecule has 1 aliphatic rings. The van der Waals surface area contributed by atoms with Gasteiger partial charge in [-0.05, 0) is 26.7 Å². The van der Waals surface area contributed by atoms with Crippen molar-refractivity contribution < 1.29 is 9.53 Å². The fourth-order valence-corrected chi connectivity index (χ4v) is 1.32. The molecule has 4 heteroatoms. The van der Waals surface area contributed by atoms with Crippen molar-refractivity contribution in [3.63, 3.8) is 0 Å². The van der Waals surface area contributed by atoms with Gasteiger partial charge >= 0.3 is 0 Å². The second kappa shape index (κ2) is 4.75. The molecule has 1 aliphatic heterocycles. The third-order valence-electron chi connectivity index (χ3n) is 2.68. The van der Waals surface area contributed by atoms with Gasteiger partial charge in [-0.3, -0.25) is 4.79 Å². The Kier molecular flexibility index (Phi) is 3.89. The van der Waals surface area contributed by atoms with Gasteiger partial charge in [-0.1, -0.05) is 0 Å². The summed E-state index contributed by atoms with van der Waals surface area (Å²) in [5, 5.41) is 3.01. The molecule has 1 amide bonds. The van der Waals surface area contributed by atoms with Crippen molar-refractivity contribution in [2.24, 2.45) is 11.1 Å². The zero-order chi connectivity index (χ0) is 10.6. The molecule has 4 nitrogen and oxygen atoms in total. The molecular weight excluding hydrogens is 180 g/mol. The second-order valence-electron chi connectivity index (χ2n) is 4.45. The first-order valence-corrected chi connectivity index (χ1v) is 5.15. The largest absolute Gasteiger partial charge is 0.381 e. The molecule has 14 heavy (non-hydrogen) atoms. The first-order valence-electron chi connectivity index (χ1n) is 5.15. The van der Waals surface area contributed by atoms with Gasteiger partial charge in [0.2, 0.25) is 5.91 Å². The first-order chi connectivity index (χ1) is 6.56. The third kappa shape index (κ3) is 2.96. The van der Waals surface area contributed by atoms with Gasteiger partial charge in [-0.25, -0.2) is 0 Å². The molecule has 0 aromatic rings. The van der Waals surface area contributed by atoms with Gasteiger partial charge in [0.05, 0.1) is 5.41 Å². The summed E-state index contributed by atoms with van der Waals surface area (Å²) in [4.78, 5) is 11.7. The molecule has 0 saturated carbocycles. The number of nitrogens with one attached hydrogen (secondary N) is 1. The molecule has 0 aliphatic carbocycles. The van der Waals surface area contributed by atoms with Crippen LogP contribution in [0.1, 0.15) is 26.7 Å². The zero-order valence-corrected chi connectivity index (χ0v) is 9.01. The van der Waals surface area contributed by atoms with E-state index in [-0.39, 0.29) is 11.9 Å². The highest BCUT2D eigenvalue weighted by molar-refractivity contribution is 5.82. The Morgan fingerprint density at radius 3 is 2.57 bits per heavy atom. The Labute approximate surface area is 85.2 Å². The molecule has 0 aromatic heterocycles. The molecule has 0 aromatic carbocycles. The van der Waals surface area contributed by atoms with E-state index in [1.54, 1.807) is 0 Å². The van der Waals surface area contributed by atoms with Crippen molar-refractivity contribution in [3.05, 3.63) is 0 Å². The van der Waals surface area contributed by atoms with E-state index in [1.165, 1.54) is 0 Å². The summed E-state index contributed by atoms with van der Waals surface area (Å²) in [5.74, 6) is 0.0481. The maximum atomic E-state index is 11.7. The number of ether oxygens (including phenoxy) is 1. The van der Waals surface area contributed by atoms with Gasteiger partial charge < -0.3 is 15.8 Å². The van der Waals surface area contributed by atoms with E-state index in [2.05, 4.69) is 5.32 Å². The Morgan fingerprint density at radius 1 is 1.50 bits per heavy atom. The van der Waals surface area contributed by atoms with Crippen LogP contribution in [-0.2, 0) is 9.53 Å². The summed E-state index contributed by atoms with van der Waals surface area (Å²) >= 11 is 0. The van der Waals surface area contributed by atoms with Gasteiger partial charge in [0.25, 0.3) is 0 Å². The topological polar surface area (TPSA) is 64.4 Å². The van der Waals surface area contributed by atoms with Crippen LogP contribution >= 0.6 is 0 Å². The molecule has 1 saturated heterocycles. The van der Waals surface area contributed by atoms with Crippen LogP contribution in [0.3, 0.4) is 0 Å². The second-order valence-corrected chi connectivity index (χ2v) is 4.45. The predicted octanol–water partition coefficient (Wildman–Crippen LogP) is 0.267. The lowest BCUT2D eigenvalue weighted by Gasteiger charge is -2.28. The van der Waals surface area contributed by atoms with Crippen LogP contribution < -0.4 is 11.1 Å². The highest BCUT2D eigenvalue weighted by Crippen LogP contribution is 2.14. The Morgan fingerprint density at radius 2 is 2.07 bits per heavy atom. The highest BCUT2D eigenvalue weighted by atomic mass is 16.5. The minimum Gasteiger partial charge on any atom is -0.381 e. The summed E-state index contributed by atoms with van der Waals surface area (Å²) in [5.41, 5.74) is 5.07. The quantitative estimate of drug-likeness (QED) is 0.687. The molecule has 82 valence electrons. The van der Waals surface area contributed by atoms with Crippen molar-refractivity contribution in [1.82, 2.24) is 5.32 Å². The summed E-state index contributed by atoms with van der Waals surface area (Å²) in [6.07, 6.45) is 1.82. The van der Waals surface area contributed by atoms with Crippen molar-refractivity contribution in [1.29, 1.82) is 0 Å². The minimum atomic E-state index is -0.460. The molecule has 0 spiro atoms. The number of amides is 1. The Balaban J connectivity index is 2.39. The summed E-state index contributed by atoms with van der Waals surface area (Å²) < 4.78 is 5.22. The predicted molar refractivity (Wildman–Crippen MR) is 54.8 cm³/mol. The van der Waals surface area contributed by atoms with Gasteiger partial charge in [0, 0.05) is 25.8 Å². The van der Waals surface area contributed by atoms with Gasteiger partial charge in [-0.2, -0.15) is 0 Å². The van der Waals surface area contributed by atoms with Crippen molar-refractivity contribution >= 4 is 5.91 Å². The fourth-order valence-electron chi connectivity index (χ4n) is 1.32. The average molecular weight is 200 g/mol. The number of rotatable bonds is 3. The molecule has 0 radical (unpaired) electrons. The lowest BCUT2D eigenvalue weighted by molar-refractivity contribution is -0.130. The van der Waals surface area contributed by atoms with Gasteiger partial charge in [0.15, 0.2) is 0 Å². The SMILES string of the molecule is CC(C)(CN)C(=O)NC1CCOCC1. The van der Waals surface area contributed by atoms with E-state index in [4.69, 9.17) is 10.5 Å². The zero-order valence-electron chi connectivity index (χ0n) is 9.01. The number of carbonyl (C=O) groups excluding carboxylic acids is 1. The Bertz CT molecular complexity index is 198. The standard InChI is InChI=1S/C10H20N2O2/c1-10(2,7-11)9(13)12-8-3-5-14-6-4-8/h8H,3-7,11H2,1-2H3,(H,12,13). The summed E-state index contributed by atoms with van der Waals surface area (Å²) in [6.45, 7) is 5.59. The van der Waals surface area contributed by atoms with E-state index < -0.39 is 5.41 Å². The Hall–Kier alpha value is -0.610. The molecule has 1 rings (SSSR count). The van der Waals surface area contributed by atoms with Gasteiger partial charge in [-0.15, -0.1) is 0 Å². The maximum Gasteiger partial charge on any atom is 0.227 e. The fraction of sp³-hybridized carbons (Fsp3) is 0.900. The molecule has 0 unspecified atom stereocenters. The lowest BCUT2D eigenvalue weighted by atomic mass is 9.92. The monoisotopic (exact) mass is 200 g/mol. The van der Waals surface area contributed by atoms with Crippen LogP contribution in [0.25, 0.3) is 0 Å². The smallest absolute Gasteiger partial charge is 0.227 e. The molecule has 0 bridgehead atoms. The number of hydrogen-bond donors (Lipinski definition) is 2. The van der Waals surface area contributed by atoms with Crippen LogP contribution in [0.2, 0.25) is 0 Å². The van der Waals surface area contributed by atoms with Crippen LogP contribution in [0.15, 0.2) is 0 Å². The van der Waals surface area contributed by atoms with Crippen molar-refractivity contribution in [2.45, 2.75) is 32.7 Å². The lowest BCUT2D eigenvalue weighted by Crippen LogP contribution is -2.47. The molecular formula is C10H20N2O2. The number of carbonyl (C=O) groups is 1. The van der Waals surface area contributed by atoms with E-state index in [0.717, 1.165) is 26.1 Å².